The molecule has 1 heterocycles. The summed E-state index contributed by atoms with van der Waals surface area (Å²) in [5, 5.41) is 0. The maximum atomic E-state index is 12.5. The summed E-state index contributed by atoms with van der Waals surface area (Å²) in [6.07, 6.45) is 2.45. The lowest BCUT2D eigenvalue weighted by atomic mass is 9.80. The molecule has 24 heavy (non-hydrogen) atoms. The highest BCUT2D eigenvalue weighted by Gasteiger charge is 2.49. The van der Waals surface area contributed by atoms with Gasteiger partial charge < -0.3 is 13.7 Å². The highest BCUT2D eigenvalue weighted by Crippen LogP contribution is 2.44. The van der Waals surface area contributed by atoms with E-state index in [0.29, 0.717) is 44.5 Å². The van der Waals surface area contributed by atoms with E-state index in [9.17, 15) is 21.6 Å². The summed E-state index contributed by atoms with van der Waals surface area (Å²) in [4.78, 5) is 0. The molecule has 3 rings (SSSR count). The van der Waals surface area contributed by atoms with Crippen molar-refractivity contribution in [3.63, 3.8) is 0 Å². The van der Waals surface area contributed by atoms with Gasteiger partial charge in [0.2, 0.25) is 0 Å². The van der Waals surface area contributed by atoms with Gasteiger partial charge in [-0.15, -0.1) is 0 Å². The van der Waals surface area contributed by atoms with Crippen LogP contribution in [-0.4, -0.2) is 32.9 Å². The number of para-hydroxylation sites is 1. The number of benzene rings is 1. The van der Waals surface area contributed by atoms with E-state index in [-0.39, 0.29) is 11.7 Å². The summed E-state index contributed by atoms with van der Waals surface area (Å²) in [7, 11) is -5.68. The molecule has 1 saturated heterocycles. The number of rotatable bonds is 3. The fourth-order valence-corrected chi connectivity index (χ4v) is 3.70. The SMILES string of the molecule is O=S(=O)(Oc1ccccc1C1CCC2(CC1)OCCO2)C(F)(F)F. The predicted octanol–water partition coefficient (Wildman–Crippen LogP) is 3.32. The van der Waals surface area contributed by atoms with E-state index < -0.39 is 21.4 Å². The first-order valence-corrected chi connectivity index (χ1v) is 9.01. The normalized spacial score (nSPS) is 22.0. The zero-order valence-electron chi connectivity index (χ0n) is 12.7. The molecular formula is C15H17F3O5S. The summed E-state index contributed by atoms with van der Waals surface area (Å²) in [5.41, 5.74) is -5.00. The van der Waals surface area contributed by atoms with Gasteiger partial charge in [-0.2, -0.15) is 21.6 Å². The van der Waals surface area contributed by atoms with Crippen molar-refractivity contribution in [3.8, 4) is 5.75 Å². The maximum absolute atomic E-state index is 12.5. The Morgan fingerprint density at radius 1 is 1.08 bits per heavy atom. The molecule has 134 valence electrons. The Labute approximate surface area is 137 Å². The summed E-state index contributed by atoms with van der Waals surface area (Å²) in [5.74, 6) is -0.975. The molecule has 0 N–H and O–H groups in total. The second-order valence-corrected chi connectivity index (χ2v) is 7.44. The first-order chi connectivity index (χ1) is 11.2. The highest BCUT2D eigenvalue weighted by atomic mass is 32.2. The molecule has 1 aromatic carbocycles. The quantitative estimate of drug-likeness (QED) is 0.607. The molecule has 0 bridgehead atoms. The second-order valence-electron chi connectivity index (χ2n) is 5.90. The minimum atomic E-state index is -5.68. The molecule has 0 aromatic heterocycles. The topological polar surface area (TPSA) is 61.8 Å². The molecule has 9 heteroatoms. The van der Waals surface area contributed by atoms with E-state index in [1.54, 1.807) is 12.1 Å². The van der Waals surface area contributed by atoms with Crippen LogP contribution in [0.3, 0.4) is 0 Å². The standard InChI is InChI=1S/C15H17F3O5S/c16-15(17,18)24(19,20)23-13-4-2-1-3-12(13)11-5-7-14(8-6-11)21-9-10-22-14/h1-4,11H,5-10H2. The Morgan fingerprint density at radius 3 is 2.25 bits per heavy atom. The van der Waals surface area contributed by atoms with Gasteiger partial charge in [0.1, 0.15) is 5.75 Å². The van der Waals surface area contributed by atoms with E-state index in [1.165, 1.54) is 12.1 Å². The van der Waals surface area contributed by atoms with Crippen LogP contribution in [0.4, 0.5) is 13.2 Å². The first kappa shape index (κ1) is 17.5. The van der Waals surface area contributed by atoms with Crippen molar-refractivity contribution in [1.29, 1.82) is 0 Å². The van der Waals surface area contributed by atoms with Crippen LogP contribution in [0.25, 0.3) is 0 Å². The van der Waals surface area contributed by atoms with Crippen LogP contribution in [0.2, 0.25) is 0 Å². The van der Waals surface area contributed by atoms with Crippen LogP contribution >= 0.6 is 0 Å². The smallest absolute Gasteiger partial charge is 0.376 e. The van der Waals surface area contributed by atoms with Gasteiger partial charge in [0.05, 0.1) is 13.2 Å². The molecule has 1 aromatic rings. The van der Waals surface area contributed by atoms with E-state index in [2.05, 4.69) is 4.18 Å². The Bertz CT molecular complexity index is 685. The molecule has 0 atom stereocenters. The van der Waals surface area contributed by atoms with Gasteiger partial charge in [-0.1, -0.05) is 18.2 Å². The van der Waals surface area contributed by atoms with E-state index >= 15 is 0 Å². The number of ether oxygens (including phenoxy) is 2. The molecule has 5 nitrogen and oxygen atoms in total. The van der Waals surface area contributed by atoms with Gasteiger partial charge in [0.25, 0.3) is 0 Å². The summed E-state index contributed by atoms with van der Waals surface area (Å²) >= 11 is 0. The van der Waals surface area contributed by atoms with Crippen molar-refractivity contribution in [1.82, 2.24) is 0 Å². The van der Waals surface area contributed by atoms with Crippen molar-refractivity contribution in [2.75, 3.05) is 13.2 Å². The first-order valence-electron chi connectivity index (χ1n) is 7.60. The molecule has 2 fully saturated rings. The molecule has 0 unspecified atom stereocenters. The summed E-state index contributed by atoms with van der Waals surface area (Å²) in [6.45, 7) is 1.07. The zero-order valence-corrected chi connectivity index (χ0v) is 13.5. The minimum absolute atomic E-state index is 0.108. The van der Waals surface area contributed by atoms with E-state index in [1.807, 2.05) is 0 Å². The lowest BCUT2D eigenvalue weighted by molar-refractivity contribution is -0.178. The zero-order chi connectivity index (χ0) is 17.4. The lowest BCUT2D eigenvalue weighted by Crippen LogP contribution is -2.34. The van der Waals surface area contributed by atoms with Gasteiger partial charge in [0.15, 0.2) is 5.79 Å². The fraction of sp³-hybridized carbons (Fsp3) is 0.600. The molecular weight excluding hydrogens is 349 g/mol. The Balaban J connectivity index is 1.78. The van der Waals surface area contributed by atoms with Crippen LogP contribution in [0.15, 0.2) is 24.3 Å². The van der Waals surface area contributed by atoms with E-state index in [0.717, 1.165) is 0 Å². The average Bonchev–Trinajstić information content (AvgIpc) is 2.96. The monoisotopic (exact) mass is 366 g/mol. The van der Waals surface area contributed by atoms with Crippen LogP contribution in [0.1, 0.15) is 37.2 Å². The van der Waals surface area contributed by atoms with Crippen molar-refractivity contribution in [2.45, 2.75) is 42.9 Å². The third-order valence-electron chi connectivity index (χ3n) is 4.40. The minimum Gasteiger partial charge on any atom is -0.376 e. The van der Waals surface area contributed by atoms with Gasteiger partial charge in [-0.3, -0.25) is 0 Å². The van der Waals surface area contributed by atoms with Crippen molar-refractivity contribution in [2.24, 2.45) is 0 Å². The van der Waals surface area contributed by atoms with Crippen LogP contribution in [0.5, 0.6) is 5.75 Å². The lowest BCUT2D eigenvalue weighted by Gasteiger charge is -2.35. The third kappa shape index (κ3) is 3.38. The largest absolute Gasteiger partial charge is 0.534 e. The van der Waals surface area contributed by atoms with Gasteiger partial charge in [-0.05, 0) is 30.4 Å². The van der Waals surface area contributed by atoms with Crippen LogP contribution in [-0.2, 0) is 19.6 Å². The number of hydrogen-bond donors (Lipinski definition) is 0. The molecule has 1 aliphatic heterocycles. The number of alkyl halides is 3. The molecule has 1 saturated carbocycles. The molecule has 1 spiro atoms. The van der Waals surface area contributed by atoms with Crippen molar-refractivity contribution < 1.29 is 35.2 Å². The number of hydrogen-bond acceptors (Lipinski definition) is 5. The Hall–Kier alpha value is -1.32. The van der Waals surface area contributed by atoms with Gasteiger partial charge in [0, 0.05) is 12.8 Å². The third-order valence-corrected chi connectivity index (χ3v) is 5.37. The van der Waals surface area contributed by atoms with Crippen molar-refractivity contribution in [3.05, 3.63) is 29.8 Å². The second kappa shape index (κ2) is 6.20. The summed E-state index contributed by atoms with van der Waals surface area (Å²) < 4.78 is 75.8. The molecule has 1 aliphatic carbocycles. The van der Waals surface area contributed by atoms with Crippen LogP contribution in [0, 0.1) is 0 Å². The fourth-order valence-electron chi connectivity index (χ4n) is 3.21. The number of halogens is 3. The van der Waals surface area contributed by atoms with E-state index in [4.69, 9.17) is 9.47 Å². The molecule has 0 radical (unpaired) electrons. The van der Waals surface area contributed by atoms with Crippen LogP contribution < -0.4 is 4.18 Å². The van der Waals surface area contributed by atoms with Gasteiger partial charge in [-0.25, -0.2) is 0 Å². The maximum Gasteiger partial charge on any atom is 0.534 e. The predicted molar refractivity (Wildman–Crippen MR) is 77.9 cm³/mol. The molecule has 0 amide bonds. The Morgan fingerprint density at radius 2 is 1.67 bits per heavy atom. The summed E-state index contributed by atoms with van der Waals surface area (Å²) in [6, 6.07) is 5.93. The average molecular weight is 366 g/mol. The van der Waals surface area contributed by atoms with Crippen molar-refractivity contribution >= 4 is 10.1 Å². The highest BCUT2D eigenvalue weighted by molar-refractivity contribution is 7.88. The van der Waals surface area contributed by atoms with Gasteiger partial charge >= 0.3 is 15.6 Å². The molecule has 2 aliphatic rings. The Kier molecular flexibility index (Phi) is 4.52.